The van der Waals surface area contributed by atoms with Gasteiger partial charge in [0.05, 0.1) is 0 Å². The number of phenols is 2. The number of hydrogen-bond donors (Lipinski definition) is 6. The first-order chi connectivity index (χ1) is 14.3. The first kappa shape index (κ1) is 20.1. The Kier molecular flexibility index (Phi) is 5.10. The van der Waals surface area contributed by atoms with E-state index in [1.807, 2.05) is 0 Å². The van der Waals surface area contributed by atoms with Gasteiger partial charge in [0, 0.05) is 17.7 Å². The summed E-state index contributed by atoms with van der Waals surface area (Å²) in [6.07, 6.45) is -9.08. The molecule has 2 heterocycles. The molecule has 10 nitrogen and oxygen atoms in total. The molecule has 0 amide bonds. The molecule has 1 aromatic heterocycles. The number of fused-ring (bicyclic) bond motifs is 1. The molecule has 0 bridgehead atoms. The molecule has 4 rings (SSSR count). The van der Waals surface area contributed by atoms with Crippen LogP contribution in [0.5, 0.6) is 17.2 Å². The fourth-order valence-corrected chi connectivity index (χ4v) is 3.18. The molecular formula is C20H18O10. The monoisotopic (exact) mass is 418 g/mol. The van der Waals surface area contributed by atoms with Gasteiger partial charge in [0.15, 0.2) is 23.2 Å². The summed E-state index contributed by atoms with van der Waals surface area (Å²) in [4.78, 5) is 12.6. The quantitative estimate of drug-likeness (QED) is 0.340. The summed E-state index contributed by atoms with van der Waals surface area (Å²) < 4.78 is 15.7. The summed E-state index contributed by atoms with van der Waals surface area (Å²) in [5.41, 5.74) is -0.140. The summed E-state index contributed by atoms with van der Waals surface area (Å²) >= 11 is 0. The molecule has 0 spiro atoms. The molecule has 1 aliphatic rings. The van der Waals surface area contributed by atoms with Gasteiger partial charge in [-0.1, -0.05) is 30.3 Å². The van der Waals surface area contributed by atoms with Crippen molar-refractivity contribution in [2.75, 3.05) is 0 Å². The van der Waals surface area contributed by atoms with Crippen molar-refractivity contribution in [1.29, 1.82) is 0 Å². The maximum atomic E-state index is 12.6. The third kappa shape index (κ3) is 3.36. The number of aliphatic hydroxyl groups is 4. The lowest BCUT2D eigenvalue weighted by Crippen LogP contribution is -2.59. The predicted octanol–water partition coefficient (Wildman–Crippen LogP) is 0.00740. The van der Waals surface area contributed by atoms with Crippen LogP contribution in [0.4, 0.5) is 0 Å². The van der Waals surface area contributed by atoms with Crippen LogP contribution in [0.15, 0.2) is 51.7 Å². The fourth-order valence-electron chi connectivity index (χ4n) is 3.18. The first-order valence-corrected chi connectivity index (χ1v) is 8.90. The van der Waals surface area contributed by atoms with E-state index in [1.165, 1.54) is 0 Å². The summed E-state index contributed by atoms with van der Waals surface area (Å²) in [6, 6.07) is 10.9. The van der Waals surface area contributed by atoms with Crippen molar-refractivity contribution in [2.45, 2.75) is 30.9 Å². The lowest BCUT2D eigenvalue weighted by atomic mass is 10.0. The number of aromatic hydroxyl groups is 2. The van der Waals surface area contributed by atoms with Crippen molar-refractivity contribution < 1.29 is 44.5 Å². The van der Waals surface area contributed by atoms with Crippen molar-refractivity contribution in [1.82, 2.24) is 0 Å². The Bertz CT molecular complexity index is 1130. The first-order valence-electron chi connectivity index (χ1n) is 8.90. The van der Waals surface area contributed by atoms with Crippen molar-refractivity contribution in [3.63, 3.8) is 0 Å². The molecule has 1 aliphatic heterocycles. The van der Waals surface area contributed by atoms with Gasteiger partial charge in [-0.15, -0.1) is 0 Å². The van der Waals surface area contributed by atoms with Crippen LogP contribution in [0.25, 0.3) is 22.3 Å². The molecule has 0 radical (unpaired) electrons. The van der Waals surface area contributed by atoms with Crippen molar-refractivity contribution >= 4 is 11.0 Å². The van der Waals surface area contributed by atoms with Gasteiger partial charge in [0.1, 0.15) is 35.0 Å². The minimum absolute atomic E-state index is 0.121. The van der Waals surface area contributed by atoms with Crippen LogP contribution in [-0.2, 0) is 4.74 Å². The molecule has 2 aromatic carbocycles. The fraction of sp³-hybridized carbons (Fsp3) is 0.250. The van der Waals surface area contributed by atoms with Gasteiger partial charge >= 0.3 is 0 Å². The smallest absolute Gasteiger partial charge is 0.231 e. The third-order valence-corrected chi connectivity index (χ3v) is 4.76. The van der Waals surface area contributed by atoms with Crippen molar-refractivity contribution in [2.24, 2.45) is 0 Å². The van der Waals surface area contributed by atoms with E-state index < -0.39 is 53.6 Å². The highest BCUT2D eigenvalue weighted by Crippen LogP contribution is 2.43. The second-order valence-electron chi connectivity index (χ2n) is 6.77. The van der Waals surface area contributed by atoms with Crippen LogP contribution >= 0.6 is 0 Å². The summed E-state index contributed by atoms with van der Waals surface area (Å²) in [5, 5.41) is 59.3. The highest BCUT2D eigenvalue weighted by molar-refractivity contribution is 5.89. The largest absolute Gasteiger partial charge is 0.504 e. The molecule has 1 saturated heterocycles. The summed E-state index contributed by atoms with van der Waals surface area (Å²) in [5.74, 6) is -1.86. The standard InChI is InChI=1S/C20H18O10/c21-9-6-11(8-4-2-1-3-5-8)28-12-7-10(22)18(14(23)13(9)12)29-20-17(26)15(24)16(25)19(27)30-20/h1-7,15-17,19-20,22-27H. The van der Waals surface area contributed by atoms with Crippen LogP contribution in [0.2, 0.25) is 0 Å². The Labute approximate surface area is 168 Å². The van der Waals surface area contributed by atoms with Gasteiger partial charge in [0.2, 0.25) is 12.0 Å². The van der Waals surface area contributed by atoms with E-state index in [2.05, 4.69) is 0 Å². The van der Waals surface area contributed by atoms with Crippen LogP contribution in [0, 0.1) is 0 Å². The van der Waals surface area contributed by atoms with Gasteiger partial charge in [-0.05, 0) is 0 Å². The average molecular weight is 418 g/mol. The highest BCUT2D eigenvalue weighted by Gasteiger charge is 2.45. The van der Waals surface area contributed by atoms with Gasteiger partial charge in [-0.2, -0.15) is 0 Å². The maximum Gasteiger partial charge on any atom is 0.231 e. The Morgan fingerprint density at radius 3 is 2.30 bits per heavy atom. The molecule has 3 aromatic rings. The Balaban J connectivity index is 1.76. The molecule has 0 saturated carbocycles. The van der Waals surface area contributed by atoms with Crippen LogP contribution < -0.4 is 10.2 Å². The second-order valence-corrected chi connectivity index (χ2v) is 6.77. The normalized spacial score (nSPS) is 26.6. The number of rotatable bonds is 3. The average Bonchev–Trinajstić information content (AvgIpc) is 2.73. The maximum absolute atomic E-state index is 12.6. The minimum Gasteiger partial charge on any atom is -0.504 e. The summed E-state index contributed by atoms with van der Waals surface area (Å²) in [7, 11) is 0. The van der Waals surface area contributed by atoms with Crippen molar-refractivity contribution in [3.05, 3.63) is 52.7 Å². The van der Waals surface area contributed by atoms with Gasteiger partial charge in [-0.25, -0.2) is 0 Å². The van der Waals surface area contributed by atoms with Gasteiger partial charge < -0.3 is 44.5 Å². The summed E-state index contributed by atoms with van der Waals surface area (Å²) in [6.45, 7) is 0. The van der Waals surface area contributed by atoms with Crippen LogP contribution in [-0.4, -0.2) is 61.5 Å². The Morgan fingerprint density at radius 2 is 1.60 bits per heavy atom. The van der Waals surface area contributed by atoms with Crippen molar-refractivity contribution in [3.8, 4) is 28.6 Å². The van der Waals surface area contributed by atoms with E-state index in [1.54, 1.807) is 30.3 Å². The number of hydrogen-bond acceptors (Lipinski definition) is 10. The Hall–Kier alpha value is -3.15. The van der Waals surface area contributed by atoms with E-state index in [-0.39, 0.29) is 16.7 Å². The molecule has 5 atom stereocenters. The van der Waals surface area contributed by atoms with Crippen LogP contribution in [0.3, 0.4) is 0 Å². The molecule has 158 valence electrons. The zero-order valence-corrected chi connectivity index (χ0v) is 15.2. The molecule has 5 unspecified atom stereocenters. The number of phenolic OH excluding ortho intramolecular Hbond substituents is 2. The minimum atomic E-state index is -1.89. The van der Waals surface area contributed by atoms with E-state index in [4.69, 9.17) is 13.9 Å². The van der Waals surface area contributed by atoms with E-state index >= 15 is 0 Å². The molecule has 30 heavy (non-hydrogen) atoms. The SMILES string of the molecule is O=c1cc(-c2ccccc2)oc2cc(O)c(OC3OC(O)C(O)C(O)C3O)c(O)c12. The topological polar surface area (TPSA) is 170 Å². The van der Waals surface area contributed by atoms with E-state index in [0.29, 0.717) is 5.56 Å². The molecular weight excluding hydrogens is 400 g/mol. The van der Waals surface area contributed by atoms with Crippen LogP contribution in [0.1, 0.15) is 0 Å². The highest BCUT2D eigenvalue weighted by atomic mass is 16.7. The van der Waals surface area contributed by atoms with E-state index in [9.17, 15) is 35.4 Å². The molecule has 0 aliphatic carbocycles. The van der Waals surface area contributed by atoms with Gasteiger partial charge in [-0.3, -0.25) is 4.79 Å². The number of benzene rings is 2. The molecule has 1 fully saturated rings. The number of ether oxygens (including phenoxy) is 2. The number of aliphatic hydroxyl groups excluding tert-OH is 4. The zero-order chi connectivity index (χ0) is 21.6. The second kappa shape index (κ2) is 7.59. The van der Waals surface area contributed by atoms with Gasteiger partial charge in [0.25, 0.3) is 0 Å². The molecule has 10 heteroatoms. The zero-order valence-electron chi connectivity index (χ0n) is 15.2. The lowest BCUT2D eigenvalue weighted by molar-refractivity contribution is -0.321. The van der Waals surface area contributed by atoms with E-state index in [0.717, 1.165) is 12.1 Å². The third-order valence-electron chi connectivity index (χ3n) is 4.76. The molecule has 6 N–H and O–H groups in total. The Morgan fingerprint density at radius 1 is 0.900 bits per heavy atom. The lowest BCUT2D eigenvalue weighted by Gasteiger charge is -2.37. The predicted molar refractivity (Wildman–Crippen MR) is 101 cm³/mol.